The second-order valence-electron chi connectivity index (χ2n) is 15.0. The van der Waals surface area contributed by atoms with E-state index in [1.807, 2.05) is 156 Å². The van der Waals surface area contributed by atoms with Crippen molar-refractivity contribution in [1.29, 1.82) is 0 Å². The highest BCUT2D eigenvalue weighted by Crippen LogP contribution is 2.32. The summed E-state index contributed by atoms with van der Waals surface area (Å²) in [7, 11) is 0. The lowest BCUT2D eigenvalue weighted by atomic mass is 9.84. The Morgan fingerprint density at radius 3 is 0.703 bits per heavy atom. The van der Waals surface area contributed by atoms with Crippen molar-refractivity contribution < 1.29 is 0 Å². The van der Waals surface area contributed by atoms with Crippen LogP contribution in [0.15, 0.2) is 170 Å². The van der Waals surface area contributed by atoms with Gasteiger partial charge in [0.2, 0.25) is 0 Å². The summed E-state index contributed by atoms with van der Waals surface area (Å²) in [5, 5.41) is 0. The number of hydrogen-bond acceptors (Lipinski definition) is 0. The van der Waals surface area contributed by atoms with Crippen LogP contribution in [0.4, 0.5) is 0 Å². The molecule has 0 heterocycles. The van der Waals surface area contributed by atoms with Crippen LogP contribution in [0.1, 0.15) is 186 Å². The largest absolute Gasteiger partial charge is 0.0683 e. The summed E-state index contributed by atoms with van der Waals surface area (Å²) in [5.41, 5.74) is 11.2. The topological polar surface area (TPSA) is 0 Å². The third kappa shape index (κ3) is 42.6. The van der Waals surface area contributed by atoms with Crippen molar-refractivity contribution in [3.8, 4) is 0 Å². The quantitative estimate of drug-likeness (QED) is 0.154. The molecule has 0 heteroatoms. The van der Waals surface area contributed by atoms with Gasteiger partial charge >= 0.3 is 0 Å². The van der Waals surface area contributed by atoms with E-state index in [2.05, 4.69) is 159 Å². The maximum atomic E-state index is 2.31. The average Bonchev–Trinajstić information content (AvgIpc) is 3.35. The fraction of sp³-hybridized carbons (Fsp3) is 0.438. The van der Waals surface area contributed by atoms with E-state index in [9.17, 15) is 0 Å². The van der Waals surface area contributed by atoms with Crippen LogP contribution in [-0.2, 0) is 5.41 Å². The molecule has 0 nitrogen and oxygen atoms in total. The number of benzene rings is 6. The molecule has 6 aromatic carbocycles. The summed E-state index contributed by atoms with van der Waals surface area (Å²) in [6, 6.07) is 58.9. The second kappa shape index (κ2) is 51.0. The maximum Gasteiger partial charge on any atom is -0.0132 e. The summed E-state index contributed by atoms with van der Waals surface area (Å²) in [6.07, 6.45) is 7.12. The van der Waals surface area contributed by atoms with E-state index in [-0.39, 0.29) is 5.41 Å². The first-order valence-corrected chi connectivity index (χ1v) is 25.1. The highest BCUT2D eigenvalue weighted by atomic mass is 14.2. The van der Waals surface area contributed by atoms with E-state index >= 15 is 0 Å². The van der Waals surface area contributed by atoms with E-state index in [1.165, 1.54) is 71.0 Å². The van der Waals surface area contributed by atoms with Crippen LogP contribution in [-0.4, -0.2) is 0 Å². The molecule has 0 N–H and O–H groups in total. The smallest absolute Gasteiger partial charge is 0.0132 e. The highest BCUT2D eigenvalue weighted by Gasteiger charge is 2.14. The Morgan fingerprint density at radius 2 is 0.500 bits per heavy atom. The van der Waals surface area contributed by atoms with Crippen LogP contribution in [0, 0.1) is 41.5 Å². The third-order valence-electron chi connectivity index (χ3n) is 8.83. The van der Waals surface area contributed by atoms with Gasteiger partial charge in [0.1, 0.15) is 0 Å². The number of aryl methyl sites for hydroxylation is 6. The van der Waals surface area contributed by atoms with Crippen molar-refractivity contribution >= 4 is 0 Å². The zero-order valence-electron chi connectivity index (χ0n) is 45.8. The number of rotatable bonds is 1. The van der Waals surface area contributed by atoms with E-state index in [4.69, 9.17) is 0 Å². The maximum absolute atomic E-state index is 2.31. The molecule has 1 aliphatic rings. The van der Waals surface area contributed by atoms with Crippen molar-refractivity contribution in [1.82, 2.24) is 0 Å². The monoisotopic (exact) mass is 871 g/mol. The minimum atomic E-state index is 0.285. The predicted octanol–water partition coefficient (Wildman–Crippen LogP) is 21.5. The molecule has 64 heavy (non-hydrogen) atoms. The Bertz CT molecular complexity index is 1520. The molecule has 0 bridgehead atoms. The number of hydrogen-bond donors (Lipinski definition) is 0. The lowest BCUT2D eigenvalue weighted by Crippen LogP contribution is -2.10. The van der Waals surface area contributed by atoms with Gasteiger partial charge in [0, 0.05) is 0 Å². The highest BCUT2D eigenvalue weighted by molar-refractivity contribution is 5.27. The fourth-order valence-corrected chi connectivity index (χ4v) is 5.47. The van der Waals surface area contributed by atoms with Gasteiger partial charge in [0.25, 0.3) is 0 Å². The predicted molar refractivity (Wildman–Crippen MR) is 300 cm³/mol. The van der Waals surface area contributed by atoms with Crippen molar-refractivity contribution in [3.05, 3.63) is 214 Å². The molecule has 0 radical (unpaired) electrons. The molecule has 0 spiro atoms. The SMILES string of the molecule is CC.CC.CC.CC.CC.CC.Cc1ccc(C(C)(C)C)cc1.Cc1ccc(C2CCCCC2)cc1.Cc1ccccc1.Cc1ccccc1.Cc1ccccc1.Cc1ccccc1. The van der Waals surface area contributed by atoms with E-state index < -0.39 is 0 Å². The average molecular weight is 872 g/mol. The Kier molecular flexibility index (Phi) is 54.4. The summed E-state index contributed by atoms with van der Waals surface area (Å²) in [5.74, 6) is 0.856. The van der Waals surface area contributed by atoms with Gasteiger partial charge in [-0.3, -0.25) is 0 Å². The minimum Gasteiger partial charge on any atom is -0.0683 e. The van der Waals surface area contributed by atoms with Gasteiger partial charge in [-0.05, 0) is 76.8 Å². The summed E-state index contributed by atoms with van der Waals surface area (Å²) >= 11 is 0. The molecule has 1 fully saturated rings. The first-order chi connectivity index (χ1) is 30.9. The van der Waals surface area contributed by atoms with Crippen molar-refractivity contribution in [2.24, 2.45) is 0 Å². The van der Waals surface area contributed by atoms with Gasteiger partial charge in [0.15, 0.2) is 0 Å². The van der Waals surface area contributed by atoms with Crippen LogP contribution in [0.2, 0.25) is 0 Å². The first kappa shape index (κ1) is 68.4. The molecule has 1 aliphatic carbocycles. The van der Waals surface area contributed by atoms with Gasteiger partial charge in [-0.2, -0.15) is 0 Å². The lowest BCUT2D eigenvalue weighted by Gasteiger charge is -2.21. The van der Waals surface area contributed by atoms with E-state index in [1.54, 1.807) is 5.56 Å². The van der Waals surface area contributed by atoms with Crippen molar-refractivity contribution in [2.75, 3.05) is 0 Å². The fourth-order valence-electron chi connectivity index (χ4n) is 5.47. The second-order valence-corrected chi connectivity index (χ2v) is 15.0. The molecular weight excluding hydrogens is 769 g/mol. The Hall–Kier alpha value is -4.68. The zero-order chi connectivity index (χ0) is 50.0. The summed E-state index contributed by atoms with van der Waals surface area (Å²) in [4.78, 5) is 0. The Labute approximate surface area is 401 Å². The molecule has 0 aromatic heterocycles. The van der Waals surface area contributed by atoms with Gasteiger partial charge < -0.3 is 0 Å². The zero-order valence-corrected chi connectivity index (χ0v) is 45.8. The van der Waals surface area contributed by atoms with Crippen molar-refractivity contribution in [3.63, 3.8) is 0 Å². The molecule has 1 saturated carbocycles. The lowest BCUT2D eigenvalue weighted by molar-refractivity contribution is 0.443. The molecule has 0 unspecified atom stereocenters. The Morgan fingerprint density at radius 1 is 0.281 bits per heavy atom. The van der Waals surface area contributed by atoms with Crippen LogP contribution >= 0.6 is 0 Å². The van der Waals surface area contributed by atoms with Crippen LogP contribution in [0.5, 0.6) is 0 Å². The molecule has 0 amide bonds. The van der Waals surface area contributed by atoms with E-state index in [0.717, 1.165) is 5.92 Å². The van der Waals surface area contributed by atoms with Crippen LogP contribution in [0.3, 0.4) is 0 Å². The molecule has 358 valence electrons. The standard InChI is InChI=1S/C13H18.C11H16.4C7H8.6C2H6/c1-11-7-9-13(10-8-11)12-5-3-2-4-6-12;1-9-5-7-10(8-6-9)11(2,3)4;4*1-7-5-3-2-4-6-7;6*1-2/h7-10,12H,2-6H2,1H3;5-8H,1-4H3;4*2-6H,1H3;6*1-2H3. The van der Waals surface area contributed by atoms with Gasteiger partial charge in [-0.1, -0.05) is 326 Å². The molecule has 6 aromatic rings. The molecular formula is C64H102. The van der Waals surface area contributed by atoms with Gasteiger partial charge in [-0.15, -0.1) is 0 Å². The van der Waals surface area contributed by atoms with Gasteiger partial charge in [0.05, 0.1) is 0 Å². The summed E-state index contributed by atoms with van der Waals surface area (Å²) < 4.78 is 0. The Balaban J connectivity index is -0.000000210. The van der Waals surface area contributed by atoms with Crippen LogP contribution < -0.4 is 0 Å². The first-order valence-electron chi connectivity index (χ1n) is 25.1. The minimum absolute atomic E-state index is 0.285. The third-order valence-corrected chi connectivity index (χ3v) is 8.83. The molecule has 0 aliphatic heterocycles. The molecule has 0 atom stereocenters. The van der Waals surface area contributed by atoms with Crippen LogP contribution in [0.25, 0.3) is 0 Å². The molecule has 0 saturated heterocycles. The van der Waals surface area contributed by atoms with E-state index in [0.29, 0.717) is 0 Å². The normalized spacial score (nSPS) is 10.2. The van der Waals surface area contributed by atoms with Crippen molar-refractivity contribution in [2.45, 2.75) is 189 Å². The summed E-state index contributed by atoms with van der Waals surface area (Å²) in [6.45, 7) is 43.3. The van der Waals surface area contributed by atoms with Gasteiger partial charge in [-0.25, -0.2) is 0 Å². The molecule has 7 rings (SSSR count).